The van der Waals surface area contributed by atoms with E-state index >= 15 is 0 Å². The van der Waals surface area contributed by atoms with Crippen molar-refractivity contribution in [1.29, 1.82) is 0 Å². The molecule has 0 aromatic heterocycles. The van der Waals surface area contributed by atoms with Crippen molar-refractivity contribution in [3.05, 3.63) is 0 Å². The van der Waals surface area contributed by atoms with E-state index in [2.05, 4.69) is 0 Å². The fourth-order valence-electron chi connectivity index (χ4n) is 0.376. The normalized spacial score (nSPS) is 16.3. The van der Waals surface area contributed by atoms with Crippen LogP contribution in [0.1, 0.15) is 13.8 Å². The average Bonchev–Trinajstić information content (AvgIpc) is 1.84. The fourth-order valence-corrected chi connectivity index (χ4v) is 1.13. The molecule has 0 rings (SSSR count). The van der Waals surface area contributed by atoms with Crippen LogP contribution in [0.4, 0.5) is 0 Å². The van der Waals surface area contributed by atoms with E-state index in [9.17, 15) is 4.79 Å². The van der Waals surface area contributed by atoms with Crippen LogP contribution < -0.4 is 5.73 Å². The molecule has 3 N–H and O–H groups in total. The smallest absolute Gasteiger partial charge is 0.324 e. The number of nitrogens with two attached hydrogens (primary N) is 1. The van der Waals surface area contributed by atoms with Gasteiger partial charge in [0.2, 0.25) is 0 Å². The number of carboxylic acids is 1. The quantitative estimate of drug-likeness (QED) is 0.635. The predicted octanol–water partition coefficient (Wildman–Crippen LogP) is 0.542. The zero-order valence-electron chi connectivity index (χ0n) is 6.26. The Morgan fingerprint density at radius 3 is 2.60 bits per heavy atom. The minimum absolute atomic E-state index is 0.471. The highest BCUT2D eigenvalue weighted by atomic mass is 32.2. The lowest BCUT2D eigenvalue weighted by atomic mass is 10.1. The summed E-state index contributed by atoms with van der Waals surface area (Å²) in [5, 5.41) is 8.53. The molecule has 60 valence electrons. The van der Waals surface area contributed by atoms with Crippen molar-refractivity contribution >= 4 is 17.7 Å². The summed E-state index contributed by atoms with van der Waals surface area (Å²) in [6.45, 7) is 3.50. The summed E-state index contributed by atoms with van der Waals surface area (Å²) in [5.41, 5.74) is 4.36. The third-order valence-corrected chi connectivity index (χ3v) is 2.31. The molecule has 0 radical (unpaired) electrons. The second-order valence-electron chi connectivity index (χ2n) is 2.36. The third kappa shape index (κ3) is 3.08. The maximum Gasteiger partial charge on any atom is 0.324 e. The Hall–Kier alpha value is -0.220. The van der Waals surface area contributed by atoms with Crippen molar-refractivity contribution in [3.8, 4) is 0 Å². The van der Waals surface area contributed by atoms with Crippen LogP contribution >= 0.6 is 11.8 Å². The molecular formula is C6H13NO2S. The highest BCUT2D eigenvalue weighted by Gasteiger charge is 2.26. The first-order chi connectivity index (χ1) is 4.50. The summed E-state index contributed by atoms with van der Waals surface area (Å²) in [7, 11) is 0. The Morgan fingerprint density at radius 2 is 2.30 bits per heavy atom. The Bertz CT molecular complexity index is 125. The minimum Gasteiger partial charge on any atom is -0.480 e. The predicted molar refractivity (Wildman–Crippen MR) is 43.2 cm³/mol. The number of aliphatic carboxylic acids is 1. The first-order valence-electron chi connectivity index (χ1n) is 3.10. The first-order valence-corrected chi connectivity index (χ1v) is 4.26. The summed E-state index contributed by atoms with van der Waals surface area (Å²) in [6, 6.07) is 0. The molecule has 0 spiro atoms. The van der Waals surface area contributed by atoms with E-state index in [0.717, 1.165) is 5.75 Å². The van der Waals surface area contributed by atoms with Crippen LogP contribution in [0.25, 0.3) is 0 Å². The molecule has 3 nitrogen and oxygen atoms in total. The molecule has 1 atom stereocenters. The SMILES string of the molecule is CCSC[C@](C)(N)C(=O)O. The van der Waals surface area contributed by atoms with Crippen LogP contribution in [0.5, 0.6) is 0 Å². The number of carboxylic acid groups (broad SMARTS) is 1. The van der Waals surface area contributed by atoms with Gasteiger partial charge in [-0.25, -0.2) is 0 Å². The zero-order valence-corrected chi connectivity index (χ0v) is 7.07. The monoisotopic (exact) mass is 163 g/mol. The molecule has 0 unspecified atom stereocenters. The van der Waals surface area contributed by atoms with Crippen molar-refractivity contribution in [2.75, 3.05) is 11.5 Å². The highest BCUT2D eigenvalue weighted by molar-refractivity contribution is 7.99. The number of rotatable bonds is 4. The topological polar surface area (TPSA) is 63.3 Å². The Morgan fingerprint density at radius 1 is 1.80 bits per heavy atom. The lowest BCUT2D eigenvalue weighted by Gasteiger charge is -2.17. The molecule has 0 heterocycles. The summed E-state index contributed by atoms with van der Waals surface area (Å²) in [4.78, 5) is 10.4. The van der Waals surface area contributed by atoms with Gasteiger partial charge in [-0.2, -0.15) is 11.8 Å². The molecular weight excluding hydrogens is 150 g/mol. The van der Waals surface area contributed by atoms with E-state index in [1.165, 1.54) is 18.7 Å². The van der Waals surface area contributed by atoms with Crippen molar-refractivity contribution in [2.45, 2.75) is 19.4 Å². The standard InChI is InChI=1S/C6H13NO2S/c1-3-10-4-6(2,7)5(8)9/h3-4,7H2,1-2H3,(H,8,9)/t6-/m0/s1. The van der Waals surface area contributed by atoms with Crippen molar-refractivity contribution in [3.63, 3.8) is 0 Å². The number of hydrogen-bond donors (Lipinski definition) is 2. The molecule has 0 aliphatic carbocycles. The van der Waals surface area contributed by atoms with Crippen LogP contribution in [-0.2, 0) is 4.79 Å². The van der Waals surface area contributed by atoms with E-state index in [1.54, 1.807) is 0 Å². The van der Waals surface area contributed by atoms with Gasteiger partial charge in [0.1, 0.15) is 5.54 Å². The molecule has 0 saturated carbocycles. The molecule has 0 fully saturated rings. The van der Waals surface area contributed by atoms with Gasteiger partial charge in [-0.05, 0) is 12.7 Å². The summed E-state index contributed by atoms with van der Waals surface area (Å²) >= 11 is 1.54. The molecule has 0 amide bonds. The van der Waals surface area contributed by atoms with Crippen LogP contribution in [0, 0.1) is 0 Å². The fraction of sp³-hybridized carbons (Fsp3) is 0.833. The number of thioether (sulfide) groups is 1. The van der Waals surface area contributed by atoms with Gasteiger partial charge in [0, 0.05) is 5.75 Å². The van der Waals surface area contributed by atoms with Crippen LogP contribution in [-0.4, -0.2) is 28.1 Å². The maximum absolute atomic E-state index is 10.4. The molecule has 10 heavy (non-hydrogen) atoms. The van der Waals surface area contributed by atoms with Crippen LogP contribution in [0.15, 0.2) is 0 Å². The van der Waals surface area contributed by atoms with Crippen LogP contribution in [0.2, 0.25) is 0 Å². The minimum atomic E-state index is -1.07. The van der Waals surface area contributed by atoms with Crippen molar-refractivity contribution in [1.82, 2.24) is 0 Å². The van der Waals surface area contributed by atoms with Gasteiger partial charge in [-0.15, -0.1) is 0 Å². The third-order valence-electron chi connectivity index (χ3n) is 1.09. The van der Waals surface area contributed by atoms with E-state index in [0.29, 0.717) is 5.75 Å². The van der Waals surface area contributed by atoms with E-state index in [4.69, 9.17) is 10.8 Å². The van der Waals surface area contributed by atoms with Crippen molar-refractivity contribution in [2.24, 2.45) is 5.73 Å². The van der Waals surface area contributed by atoms with E-state index in [1.807, 2.05) is 6.92 Å². The van der Waals surface area contributed by atoms with Gasteiger partial charge in [-0.3, -0.25) is 4.79 Å². The Balaban J connectivity index is 3.75. The zero-order chi connectivity index (χ0) is 8.20. The van der Waals surface area contributed by atoms with Gasteiger partial charge in [0.25, 0.3) is 0 Å². The largest absolute Gasteiger partial charge is 0.480 e. The maximum atomic E-state index is 10.4. The molecule has 0 saturated heterocycles. The van der Waals surface area contributed by atoms with E-state index < -0.39 is 11.5 Å². The van der Waals surface area contributed by atoms with Gasteiger partial charge < -0.3 is 10.8 Å². The van der Waals surface area contributed by atoms with Gasteiger partial charge in [-0.1, -0.05) is 6.92 Å². The molecule has 0 aromatic carbocycles. The van der Waals surface area contributed by atoms with Crippen LogP contribution in [0.3, 0.4) is 0 Å². The number of hydrogen-bond acceptors (Lipinski definition) is 3. The lowest BCUT2D eigenvalue weighted by Crippen LogP contribution is -2.47. The molecule has 0 aromatic rings. The second-order valence-corrected chi connectivity index (χ2v) is 3.63. The van der Waals surface area contributed by atoms with Gasteiger partial charge in [0.05, 0.1) is 0 Å². The van der Waals surface area contributed by atoms with Crippen molar-refractivity contribution < 1.29 is 9.90 Å². The lowest BCUT2D eigenvalue weighted by molar-refractivity contribution is -0.141. The average molecular weight is 163 g/mol. The van der Waals surface area contributed by atoms with Gasteiger partial charge in [0.15, 0.2) is 0 Å². The molecule has 0 aliphatic heterocycles. The Labute approximate surface area is 65.0 Å². The Kier molecular flexibility index (Phi) is 3.75. The van der Waals surface area contributed by atoms with Gasteiger partial charge >= 0.3 is 5.97 Å². The first kappa shape index (κ1) is 9.78. The molecule has 4 heteroatoms. The summed E-state index contributed by atoms with van der Waals surface area (Å²) in [6.07, 6.45) is 0. The summed E-state index contributed by atoms with van der Waals surface area (Å²) < 4.78 is 0. The molecule has 0 aliphatic rings. The summed E-state index contributed by atoms with van der Waals surface area (Å²) in [5.74, 6) is 0.437. The molecule has 0 bridgehead atoms. The number of carbonyl (C=O) groups is 1. The van der Waals surface area contributed by atoms with E-state index in [-0.39, 0.29) is 0 Å². The highest BCUT2D eigenvalue weighted by Crippen LogP contribution is 2.09. The second kappa shape index (κ2) is 3.83.